The molecule has 0 aliphatic rings. The predicted octanol–water partition coefficient (Wildman–Crippen LogP) is 14.2. The van der Waals surface area contributed by atoms with Crippen LogP contribution in [-0.4, -0.2) is 8.41 Å². The summed E-state index contributed by atoms with van der Waals surface area (Å²) >= 11 is 0. The zero-order chi connectivity index (χ0) is 14.8. The van der Waals surface area contributed by atoms with E-state index in [0.717, 1.165) is 29.6 Å². The van der Waals surface area contributed by atoms with E-state index in [4.69, 9.17) is 0 Å². The van der Waals surface area contributed by atoms with Crippen molar-refractivity contribution < 1.29 is 0 Å². The summed E-state index contributed by atoms with van der Waals surface area (Å²) in [6.07, 6.45) is 9.90. The van der Waals surface area contributed by atoms with Gasteiger partial charge in [0.05, 0.1) is 0 Å². The second kappa shape index (κ2) is 57.7. The van der Waals surface area contributed by atoms with Gasteiger partial charge in [-0.25, -0.2) is 0 Å². The fourth-order valence-electron chi connectivity index (χ4n) is 3.18. The Morgan fingerprint density at radius 2 is 0.625 bits per heavy atom. The van der Waals surface area contributed by atoms with E-state index in [1.54, 1.807) is 0 Å². The molecular formula is C31H88B. The van der Waals surface area contributed by atoms with Gasteiger partial charge in [0.15, 0.2) is 0 Å². The lowest BCUT2D eigenvalue weighted by Crippen LogP contribution is -2.07. The zero-order valence-corrected chi connectivity index (χ0v) is 15.4. The monoisotopic (exact) mass is 472 g/mol. The number of hydrogen-bond acceptors (Lipinski definition) is 0. The summed E-state index contributed by atoms with van der Waals surface area (Å²) in [7, 11) is 0. The van der Waals surface area contributed by atoms with Crippen LogP contribution >= 0.6 is 0 Å². The van der Waals surface area contributed by atoms with E-state index in [-0.39, 0.29) is 97.5 Å². The van der Waals surface area contributed by atoms with Crippen LogP contribution in [0.15, 0.2) is 0 Å². The summed E-state index contributed by atoms with van der Waals surface area (Å²) in [5.74, 6) is 4.54. The third-order valence-electron chi connectivity index (χ3n) is 4.68. The third-order valence-corrected chi connectivity index (χ3v) is 4.68. The summed E-state index contributed by atoms with van der Waals surface area (Å²) in [4.78, 5) is 0. The zero-order valence-electron chi connectivity index (χ0n) is 15.4. The standard InChI is InChI=1S/C19H40.12CH4.B/c1-8-16(4)14-19(7)12-10-17(5)9-11-18(6)13-15(2)3;;;;;;;;;;;;;/h15-19H,8-14H2,1-7H3;12*1H4;. The van der Waals surface area contributed by atoms with E-state index < -0.39 is 0 Å². The molecule has 0 fully saturated rings. The fourth-order valence-corrected chi connectivity index (χ4v) is 3.18. The van der Waals surface area contributed by atoms with Gasteiger partial charge in [0.25, 0.3) is 0 Å². The first-order valence-electron chi connectivity index (χ1n) is 8.85. The lowest BCUT2D eigenvalue weighted by atomic mass is 9.86. The van der Waals surface area contributed by atoms with Crippen molar-refractivity contribution in [3.63, 3.8) is 0 Å². The Labute approximate surface area is 220 Å². The first kappa shape index (κ1) is 94.8. The normalized spacial score (nSPS) is 10.9. The maximum Gasteiger partial charge on any atom is 0 e. The number of rotatable bonds is 11. The van der Waals surface area contributed by atoms with Crippen LogP contribution in [0.3, 0.4) is 0 Å². The summed E-state index contributed by atoms with van der Waals surface area (Å²) < 4.78 is 0. The van der Waals surface area contributed by atoms with Crippen molar-refractivity contribution in [2.75, 3.05) is 0 Å². The van der Waals surface area contributed by atoms with Gasteiger partial charge < -0.3 is 0 Å². The summed E-state index contributed by atoms with van der Waals surface area (Å²) in [6.45, 7) is 16.7. The van der Waals surface area contributed by atoms with Gasteiger partial charge in [-0.2, -0.15) is 0 Å². The van der Waals surface area contributed by atoms with Gasteiger partial charge in [-0.05, 0) is 42.4 Å². The highest BCUT2D eigenvalue weighted by atomic mass is 14.2. The van der Waals surface area contributed by atoms with Crippen LogP contribution < -0.4 is 0 Å². The van der Waals surface area contributed by atoms with Crippen molar-refractivity contribution in [3.05, 3.63) is 0 Å². The maximum absolute atomic E-state index is 2.46. The van der Waals surface area contributed by atoms with Gasteiger partial charge >= 0.3 is 0 Å². The molecule has 4 atom stereocenters. The van der Waals surface area contributed by atoms with E-state index in [0.29, 0.717) is 0 Å². The summed E-state index contributed by atoms with van der Waals surface area (Å²) in [5, 5.41) is 0. The Hall–Kier alpha value is 0.0649. The second-order valence-electron chi connectivity index (χ2n) is 7.85. The highest BCUT2D eigenvalue weighted by Crippen LogP contribution is 2.25. The minimum Gasteiger partial charge on any atom is -0.0776 e. The van der Waals surface area contributed by atoms with Crippen molar-refractivity contribution in [2.24, 2.45) is 29.6 Å². The Morgan fingerprint density at radius 3 is 0.875 bits per heavy atom. The van der Waals surface area contributed by atoms with Crippen LogP contribution in [0.2, 0.25) is 0 Å². The Morgan fingerprint density at radius 1 is 0.375 bits per heavy atom. The molecule has 0 saturated heterocycles. The molecule has 0 saturated carbocycles. The molecule has 0 rings (SSSR count). The molecule has 0 nitrogen and oxygen atoms in total. The van der Waals surface area contributed by atoms with Crippen LogP contribution in [0.25, 0.3) is 0 Å². The van der Waals surface area contributed by atoms with Gasteiger partial charge in [-0.1, -0.05) is 170 Å². The molecule has 1 heteroatoms. The van der Waals surface area contributed by atoms with Crippen LogP contribution in [0.1, 0.15) is 183 Å². The van der Waals surface area contributed by atoms with Crippen LogP contribution in [-0.2, 0) is 0 Å². The van der Waals surface area contributed by atoms with Gasteiger partial charge in [0, 0.05) is 8.41 Å². The van der Waals surface area contributed by atoms with Crippen molar-refractivity contribution >= 4 is 8.41 Å². The highest BCUT2D eigenvalue weighted by Gasteiger charge is 2.11. The van der Waals surface area contributed by atoms with Crippen molar-refractivity contribution in [1.82, 2.24) is 0 Å². The predicted molar refractivity (Wildman–Crippen MR) is 176 cm³/mol. The first-order valence-corrected chi connectivity index (χ1v) is 8.85. The Balaban J connectivity index is -0.0000000208. The minimum absolute atomic E-state index is 0. The van der Waals surface area contributed by atoms with Crippen molar-refractivity contribution in [2.45, 2.75) is 183 Å². The SMILES string of the molecule is C.C.C.C.C.C.C.C.C.C.C.C.CCC(C)CC(C)CCC(C)CCC(C)CC(C)C.[B]. The quantitative estimate of drug-likeness (QED) is 0.263. The molecule has 0 aromatic carbocycles. The molecule has 0 N–H and O–H groups in total. The molecule has 0 aromatic rings. The van der Waals surface area contributed by atoms with E-state index in [1.807, 2.05) is 0 Å². The van der Waals surface area contributed by atoms with Crippen molar-refractivity contribution in [1.29, 1.82) is 0 Å². The molecule has 0 heterocycles. The highest BCUT2D eigenvalue weighted by molar-refractivity contribution is 5.75. The summed E-state index contributed by atoms with van der Waals surface area (Å²) in [6, 6.07) is 0. The number of hydrogen-bond donors (Lipinski definition) is 0. The molecule has 32 heavy (non-hydrogen) atoms. The average molecular weight is 472 g/mol. The third kappa shape index (κ3) is 63.1. The Kier molecular flexibility index (Phi) is 171. The molecule has 0 amide bonds. The van der Waals surface area contributed by atoms with E-state index >= 15 is 0 Å². The molecule has 215 valence electrons. The van der Waals surface area contributed by atoms with E-state index in [1.165, 1.54) is 44.9 Å². The second-order valence-corrected chi connectivity index (χ2v) is 7.85. The lowest BCUT2D eigenvalue weighted by Gasteiger charge is -2.20. The maximum atomic E-state index is 2.46. The van der Waals surface area contributed by atoms with Gasteiger partial charge in [0.2, 0.25) is 0 Å². The van der Waals surface area contributed by atoms with Crippen molar-refractivity contribution in [3.8, 4) is 0 Å². The first-order chi connectivity index (χ1) is 8.85. The fraction of sp³-hybridized carbons (Fsp3) is 1.00. The molecule has 0 aromatic heterocycles. The largest absolute Gasteiger partial charge is 0.0776 e. The molecule has 3 radical (unpaired) electrons. The lowest BCUT2D eigenvalue weighted by molar-refractivity contribution is 0.325. The smallest absolute Gasteiger partial charge is 0 e. The van der Waals surface area contributed by atoms with Gasteiger partial charge in [0.1, 0.15) is 0 Å². The van der Waals surface area contributed by atoms with Crippen LogP contribution in [0.5, 0.6) is 0 Å². The topological polar surface area (TPSA) is 0 Å². The van der Waals surface area contributed by atoms with Crippen LogP contribution in [0.4, 0.5) is 0 Å². The molecule has 0 bridgehead atoms. The van der Waals surface area contributed by atoms with Gasteiger partial charge in [-0.15, -0.1) is 0 Å². The summed E-state index contributed by atoms with van der Waals surface area (Å²) in [5.41, 5.74) is 0. The molecule has 0 aliphatic heterocycles. The van der Waals surface area contributed by atoms with Crippen LogP contribution in [0, 0.1) is 29.6 Å². The Bertz CT molecular complexity index is 201. The van der Waals surface area contributed by atoms with E-state index in [9.17, 15) is 0 Å². The minimum atomic E-state index is 0. The molecular weight excluding hydrogens is 383 g/mol. The average Bonchev–Trinajstić information content (AvgIpc) is 2.32. The van der Waals surface area contributed by atoms with Gasteiger partial charge in [-0.3, -0.25) is 0 Å². The van der Waals surface area contributed by atoms with E-state index in [2.05, 4.69) is 48.5 Å². The molecule has 4 unspecified atom stereocenters. The molecule has 0 spiro atoms. The molecule has 0 aliphatic carbocycles.